The van der Waals surface area contributed by atoms with Crippen LogP contribution in [0.3, 0.4) is 0 Å². The Bertz CT molecular complexity index is 1290. The average Bonchev–Trinajstić information content (AvgIpc) is 3.40. The van der Waals surface area contributed by atoms with Crippen LogP contribution < -0.4 is 16.0 Å². The molecule has 0 radical (unpaired) electrons. The van der Waals surface area contributed by atoms with Crippen molar-refractivity contribution in [1.29, 1.82) is 0 Å². The Hall–Kier alpha value is -4.19. The summed E-state index contributed by atoms with van der Waals surface area (Å²) in [5.41, 5.74) is 3.27. The summed E-state index contributed by atoms with van der Waals surface area (Å²) < 4.78 is 5.69. The van der Waals surface area contributed by atoms with Crippen LogP contribution >= 0.6 is 0 Å². The van der Waals surface area contributed by atoms with Crippen molar-refractivity contribution < 1.29 is 34.1 Å². The van der Waals surface area contributed by atoms with E-state index in [1.54, 1.807) is 18.3 Å². The third-order valence-electron chi connectivity index (χ3n) is 7.72. The summed E-state index contributed by atoms with van der Waals surface area (Å²) in [5.74, 6) is -1.42. The molecule has 12 nitrogen and oxygen atoms in total. The van der Waals surface area contributed by atoms with Gasteiger partial charge in [-0.15, -0.1) is 0 Å². The predicted octanol–water partition coefficient (Wildman–Crippen LogP) is 4.00. The number of ether oxygens (including phenoxy) is 1. The second kappa shape index (κ2) is 15.5. The summed E-state index contributed by atoms with van der Waals surface area (Å²) in [6, 6.07) is 7.65. The molecule has 240 valence electrons. The van der Waals surface area contributed by atoms with E-state index in [1.165, 1.54) is 4.90 Å². The van der Waals surface area contributed by atoms with Crippen LogP contribution in [-0.4, -0.2) is 88.4 Å². The van der Waals surface area contributed by atoms with Gasteiger partial charge in [-0.25, -0.2) is 14.6 Å². The molecule has 1 fully saturated rings. The maximum atomic E-state index is 13.5. The van der Waals surface area contributed by atoms with Crippen LogP contribution in [-0.2, 0) is 14.3 Å². The molecule has 1 aromatic heterocycles. The molecule has 5 N–H and O–H groups in total. The molecule has 1 aliphatic heterocycles. The summed E-state index contributed by atoms with van der Waals surface area (Å²) >= 11 is 0. The number of benzene rings is 1. The van der Waals surface area contributed by atoms with Gasteiger partial charge in [0.05, 0.1) is 18.7 Å². The van der Waals surface area contributed by atoms with Gasteiger partial charge in [0.15, 0.2) is 0 Å². The van der Waals surface area contributed by atoms with Gasteiger partial charge < -0.3 is 35.8 Å². The van der Waals surface area contributed by atoms with E-state index < -0.39 is 36.0 Å². The Kier molecular flexibility index (Phi) is 12.1. The number of nitrogens with one attached hydrogen (secondary N) is 3. The van der Waals surface area contributed by atoms with Crippen LogP contribution in [0.5, 0.6) is 0 Å². The number of hydrogen-bond donors (Lipinski definition) is 5. The van der Waals surface area contributed by atoms with Crippen LogP contribution in [0.1, 0.15) is 92.8 Å². The van der Waals surface area contributed by atoms with Crippen molar-refractivity contribution in [2.24, 2.45) is 0 Å². The Morgan fingerprint density at radius 3 is 2.18 bits per heavy atom. The topological polar surface area (TPSA) is 170 Å². The van der Waals surface area contributed by atoms with E-state index in [0.29, 0.717) is 24.3 Å². The molecule has 3 atom stereocenters. The number of carbonyl (C=O) groups is 4. The Morgan fingerprint density at radius 1 is 1.00 bits per heavy atom. The molecule has 1 aliphatic rings. The molecule has 1 saturated heterocycles. The van der Waals surface area contributed by atoms with Crippen molar-refractivity contribution in [2.45, 2.75) is 83.9 Å². The number of carboxylic acid groups (broad SMARTS) is 2. The third-order valence-corrected chi connectivity index (χ3v) is 7.72. The van der Waals surface area contributed by atoms with E-state index in [4.69, 9.17) is 4.74 Å². The number of aromatic nitrogens is 1. The number of carbonyl (C=O) groups excluding carboxylic acids is 2. The molecule has 1 aromatic carbocycles. The molecular formula is C32H45N5O7. The maximum Gasteiger partial charge on any atom is 0.407 e. The molecule has 2 heterocycles. The molecule has 12 heteroatoms. The lowest BCUT2D eigenvalue weighted by Gasteiger charge is -2.24. The van der Waals surface area contributed by atoms with Gasteiger partial charge in [-0.1, -0.05) is 59.7 Å². The number of amides is 3. The molecule has 44 heavy (non-hydrogen) atoms. The molecule has 0 bridgehead atoms. The first kappa shape index (κ1) is 34.3. The molecule has 0 spiro atoms. The van der Waals surface area contributed by atoms with Crippen LogP contribution in [0, 0.1) is 0 Å². The van der Waals surface area contributed by atoms with Crippen molar-refractivity contribution in [3.63, 3.8) is 0 Å². The number of likely N-dealkylation sites (tertiary alicyclic amines) is 1. The monoisotopic (exact) mass is 611 g/mol. The minimum absolute atomic E-state index is 0.0325. The fourth-order valence-electron chi connectivity index (χ4n) is 5.22. The first-order valence-electron chi connectivity index (χ1n) is 15.0. The number of nitrogens with zero attached hydrogens (tertiary/aromatic N) is 2. The lowest BCUT2D eigenvalue weighted by atomic mass is 9.84. The second-order valence-corrected chi connectivity index (χ2v) is 12.1. The number of anilines is 1. The van der Waals surface area contributed by atoms with Crippen LogP contribution in [0.4, 0.5) is 10.6 Å². The zero-order chi connectivity index (χ0) is 32.6. The largest absolute Gasteiger partial charge is 0.480 e. The quantitative estimate of drug-likeness (QED) is 0.212. The summed E-state index contributed by atoms with van der Waals surface area (Å²) in [6.45, 7) is 11.8. The number of carboxylic acids is 1. The minimum atomic E-state index is -1.37. The van der Waals surface area contributed by atoms with Crippen molar-refractivity contribution in [1.82, 2.24) is 20.5 Å². The first-order chi connectivity index (χ1) is 20.8. The Morgan fingerprint density at radius 2 is 1.66 bits per heavy atom. The van der Waals surface area contributed by atoms with Crippen LogP contribution in [0.2, 0.25) is 0 Å². The summed E-state index contributed by atoms with van der Waals surface area (Å²) in [4.78, 5) is 55.4. The highest BCUT2D eigenvalue weighted by Gasteiger charge is 2.36. The molecular weight excluding hydrogens is 566 g/mol. The second-order valence-electron chi connectivity index (χ2n) is 12.1. The van der Waals surface area contributed by atoms with Crippen LogP contribution in [0.15, 0.2) is 36.5 Å². The lowest BCUT2D eigenvalue weighted by molar-refractivity contribution is -0.139. The zero-order valence-electron chi connectivity index (χ0n) is 26.3. The third kappa shape index (κ3) is 9.15. The maximum absolute atomic E-state index is 13.5. The van der Waals surface area contributed by atoms with Gasteiger partial charge in [0.25, 0.3) is 5.91 Å². The van der Waals surface area contributed by atoms with Gasteiger partial charge in [0.1, 0.15) is 18.5 Å². The van der Waals surface area contributed by atoms with Gasteiger partial charge in [-0.3, -0.25) is 9.59 Å². The SMILES string of the molecule is CC(C)c1cc(C(C)C)c(C(=O)NC(CNC(=O)COC2CC(CNc3ccccn3)N(C(=O)O)C2)C(=O)O)c(C(C)C)c1. The van der Waals surface area contributed by atoms with E-state index in [9.17, 15) is 29.4 Å². The molecule has 0 saturated carbocycles. The van der Waals surface area contributed by atoms with Gasteiger partial charge in [-0.2, -0.15) is 0 Å². The predicted molar refractivity (Wildman–Crippen MR) is 166 cm³/mol. The fraction of sp³-hybridized carbons (Fsp3) is 0.531. The summed E-state index contributed by atoms with van der Waals surface area (Å²) in [5, 5.41) is 27.7. The molecule has 2 aromatic rings. The minimum Gasteiger partial charge on any atom is -0.480 e. The van der Waals surface area contributed by atoms with E-state index in [1.807, 2.05) is 45.9 Å². The molecule has 3 amide bonds. The van der Waals surface area contributed by atoms with E-state index in [2.05, 4.69) is 34.8 Å². The lowest BCUT2D eigenvalue weighted by Crippen LogP contribution is -2.49. The number of hydrogen-bond acceptors (Lipinski definition) is 7. The van der Waals surface area contributed by atoms with Gasteiger partial charge in [0.2, 0.25) is 5.91 Å². The van der Waals surface area contributed by atoms with Gasteiger partial charge in [0, 0.05) is 24.8 Å². The smallest absolute Gasteiger partial charge is 0.407 e. The molecule has 3 unspecified atom stereocenters. The first-order valence-corrected chi connectivity index (χ1v) is 15.0. The highest BCUT2D eigenvalue weighted by Crippen LogP contribution is 2.32. The van der Waals surface area contributed by atoms with Gasteiger partial charge in [-0.05, 0) is 53.0 Å². The summed E-state index contributed by atoms with van der Waals surface area (Å²) in [6.07, 6.45) is 0.403. The number of rotatable bonds is 14. The van der Waals surface area contributed by atoms with E-state index in [-0.39, 0.29) is 43.5 Å². The van der Waals surface area contributed by atoms with Crippen LogP contribution in [0.25, 0.3) is 0 Å². The van der Waals surface area contributed by atoms with Crippen molar-refractivity contribution in [3.8, 4) is 0 Å². The Balaban J connectivity index is 1.59. The van der Waals surface area contributed by atoms with E-state index in [0.717, 1.165) is 16.7 Å². The highest BCUT2D eigenvalue weighted by molar-refractivity contribution is 6.00. The number of pyridine rings is 1. The average molecular weight is 612 g/mol. The van der Waals surface area contributed by atoms with E-state index >= 15 is 0 Å². The normalized spacial score (nSPS) is 17.2. The Labute approximate surface area is 258 Å². The molecule has 0 aliphatic carbocycles. The zero-order valence-corrected chi connectivity index (χ0v) is 26.3. The fourth-order valence-corrected chi connectivity index (χ4v) is 5.22. The number of aliphatic carboxylic acids is 1. The summed E-state index contributed by atoms with van der Waals surface area (Å²) in [7, 11) is 0. The van der Waals surface area contributed by atoms with Crippen molar-refractivity contribution in [2.75, 3.05) is 31.6 Å². The highest BCUT2D eigenvalue weighted by atomic mass is 16.5. The van der Waals surface area contributed by atoms with Crippen molar-refractivity contribution >= 4 is 29.7 Å². The van der Waals surface area contributed by atoms with Gasteiger partial charge >= 0.3 is 12.1 Å². The molecule has 3 rings (SSSR count). The standard InChI is InChI=1S/C32H45N5O7/c1-18(2)21-11-24(19(3)4)29(25(12-21)20(5)6)30(39)36-26(31(40)41)15-35-28(38)17-44-23-13-22(37(16-23)32(42)43)14-34-27-9-7-8-10-33-27/h7-12,18-20,22-23,26H,13-17H2,1-6H3,(H,33,34)(H,35,38)(H,36,39)(H,40,41)(H,42,43). The van der Waals surface area contributed by atoms with Crippen molar-refractivity contribution in [3.05, 3.63) is 58.8 Å².